The summed E-state index contributed by atoms with van der Waals surface area (Å²) in [7, 11) is 0. The molecule has 1 nitrogen and oxygen atoms in total. The van der Waals surface area contributed by atoms with E-state index >= 15 is 0 Å². The lowest BCUT2D eigenvalue weighted by atomic mass is 9.43. The number of para-hydroxylation sites is 1. The molecule has 14 rings (SSSR count). The average Bonchev–Trinajstić information content (AvgIpc) is 3.72. The SMILES string of the molecule is CC1(C)c2cc(N(c3ccc(-c4ccccc4)cc3)c3ccccc3-c3cccc4c3-c3ccccc3C43C4CC5CC(C4)CC3C5)ccc2-c2ccc3ccccc3c21. The highest BCUT2D eigenvalue weighted by atomic mass is 15.1. The molecule has 4 fully saturated rings. The minimum atomic E-state index is -0.166. The lowest BCUT2D eigenvalue weighted by molar-refractivity contribution is -0.0399. The molecule has 0 radical (unpaired) electrons. The van der Waals surface area contributed by atoms with Gasteiger partial charge in [-0.15, -0.1) is 0 Å². The van der Waals surface area contributed by atoms with E-state index < -0.39 is 0 Å². The Bertz CT molecular complexity index is 2990. The zero-order chi connectivity index (χ0) is 39.7. The Kier molecular flexibility index (Phi) is 7.32. The van der Waals surface area contributed by atoms with E-state index in [2.05, 4.69) is 195 Å². The van der Waals surface area contributed by atoms with Crippen LogP contribution < -0.4 is 4.90 Å². The van der Waals surface area contributed by atoms with E-state index in [0.717, 1.165) is 29.4 Å². The quantitative estimate of drug-likeness (QED) is 0.168. The summed E-state index contributed by atoms with van der Waals surface area (Å²) < 4.78 is 0. The zero-order valence-electron chi connectivity index (χ0n) is 34.5. The molecule has 0 atom stereocenters. The third-order valence-electron chi connectivity index (χ3n) is 16.0. The topological polar surface area (TPSA) is 3.24 Å². The van der Waals surface area contributed by atoms with Gasteiger partial charge in [0.2, 0.25) is 0 Å². The molecular weight excluding hydrogens is 723 g/mol. The summed E-state index contributed by atoms with van der Waals surface area (Å²) >= 11 is 0. The first kappa shape index (κ1) is 34.7. The molecule has 4 bridgehead atoms. The normalized spacial score (nSPS) is 23.4. The second kappa shape index (κ2) is 12.7. The fourth-order valence-corrected chi connectivity index (χ4v) is 13.9. The Balaban J connectivity index is 1.01. The van der Waals surface area contributed by atoms with Crippen molar-refractivity contribution >= 4 is 27.8 Å². The number of fused-ring (bicyclic) bond motifs is 8. The van der Waals surface area contributed by atoms with Gasteiger partial charge in [0.1, 0.15) is 0 Å². The molecule has 0 N–H and O–H groups in total. The monoisotopic (exact) mass is 771 g/mol. The van der Waals surface area contributed by atoms with Crippen LogP contribution in [0.15, 0.2) is 176 Å². The summed E-state index contributed by atoms with van der Waals surface area (Å²) in [6.07, 6.45) is 7.03. The highest BCUT2D eigenvalue weighted by Gasteiger charge is 2.61. The second-order valence-electron chi connectivity index (χ2n) is 19.3. The highest BCUT2D eigenvalue weighted by Crippen LogP contribution is 2.70. The largest absolute Gasteiger partial charge is 0.310 e. The van der Waals surface area contributed by atoms with Gasteiger partial charge < -0.3 is 4.90 Å². The maximum atomic E-state index is 2.54. The van der Waals surface area contributed by atoms with Crippen molar-refractivity contribution in [2.24, 2.45) is 23.7 Å². The van der Waals surface area contributed by atoms with Gasteiger partial charge in [-0.2, -0.15) is 0 Å². The molecule has 1 spiro atoms. The summed E-state index contributed by atoms with van der Waals surface area (Å²) in [4.78, 5) is 2.54. The van der Waals surface area contributed by atoms with Crippen molar-refractivity contribution in [1.29, 1.82) is 0 Å². The molecule has 4 saturated carbocycles. The molecule has 6 aliphatic rings. The van der Waals surface area contributed by atoms with Crippen molar-refractivity contribution in [3.05, 3.63) is 198 Å². The van der Waals surface area contributed by atoms with E-state index in [1.807, 2.05) is 0 Å². The number of anilines is 3. The van der Waals surface area contributed by atoms with E-state index in [1.54, 1.807) is 11.1 Å². The van der Waals surface area contributed by atoms with Crippen LogP contribution in [0.5, 0.6) is 0 Å². The van der Waals surface area contributed by atoms with Crippen LogP contribution in [0.1, 0.15) is 68.2 Å². The number of hydrogen-bond acceptors (Lipinski definition) is 1. The lowest BCUT2D eigenvalue weighted by Crippen LogP contribution is -2.55. The molecule has 0 heterocycles. The molecule has 8 aromatic carbocycles. The summed E-state index contributed by atoms with van der Waals surface area (Å²) in [5.74, 6) is 3.31. The summed E-state index contributed by atoms with van der Waals surface area (Å²) in [5.41, 5.74) is 20.3. The van der Waals surface area contributed by atoms with Crippen LogP contribution in [0, 0.1) is 23.7 Å². The van der Waals surface area contributed by atoms with Crippen LogP contribution in [-0.2, 0) is 10.8 Å². The summed E-state index contributed by atoms with van der Waals surface area (Å²) in [6, 6.07) is 67.0. The van der Waals surface area contributed by atoms with Gasteiger partial charge in [0.25, 0.3) is 0 Å². The van der Waals surface area contributed by atoms with Gasteiger partial charge in [-0.05, 0) is 158 Å². The minimum Gasteiger partial charge on any atom is -0.310 e. The molecule has 6 aliphatic carbocycles. The van der Waals surface area contributed by atoms with Gasteiger partial charge >= 0.3 is 0 Å². The van der Waals surface area contributed by atoms with Gasteiger partial charge in [-0.3, -0.25) is 0 Å². The van der Waals surface area contributed by atoms with Crippen LogP contribution in [0.25, 0.3) is 55.3 Å². The van der Waals surface area contributed by atoms with E-state index in [4.69, 9.17) is 0 Å². The van der Waals surface area contributed by atoms with E-state index in [9.17, 15) is 0 Å². The number of benzene rings is 8. The Morgan fingerprint density at radius 1 is 0.433 bits per heavy atom. The third kappa shape index (κ3) is 4.70. The molecule has 0 aliphatic heterocycles. The minimum absolute atomic E-state index is 0.127. The van der Waals surface area contributed by atoms with Crippen LogP contribution >= 0.6 is 0 Å². The average molecular weight is 772 g/mol. The summed E-state index contributed by atoms with van der Waals surface area (Å²) in [5, 5.41) is 2.66. The fourth-order valence-electron chi connectivity index (χ4n) is 13.9. The van der Waals surface area contributed by atoms with Gasteiger partial charge in [-0.1, -0.05) is 159 Å². The predicted octanol–water partition coefficient (Wildman–Crippen LogP) is 15.7. The second-order valence-corrected chi connectivity index (χ2v) is 19.3. The van der Waals surface area contributed by atoms with Crippen LogP contribution in [-0.4, -0.2) is 0 Å². The molecular formula is C59H49N. The molecule has 60 heavy (non-hydrogen) atoms. The van der Waals surface area contributed by atoms with E-state index in [0.29, 0.717) is 0 Å². The fraction of sp³-hybridized carbons (Fsp3) is 0.220. The number of rotatable bonds is 5. The molecule has 8 aromatic rings. The Morgan fingerprint density at radius 3 is 1.85 bits per heavy atom. The van der Waals surface area contributed by atoms with Crippen molar-refractivity contribution in [1.82, 2.24) is 0 Å². The van der Waals surface area contributed by atoms with Crippen molar-refractivity contribution in [3.63, 3.8) is 0 Å². The molecule has 0 amide bonds. The van der Waals surface area contributed by atoms with Crippen LogP contribution in [0.4, 0.5) is 17.1 Å². The molecule has 0 aromatic heterocycles. The van der Waals surface area contributed by atoms with E-state index in [-0.39, 0.29) is 10.8 Å². The van der Waals surface area contributed by atoms with Crippen molar-refractivity contribution in [2.45, 2.75) is 56.8 Å². The van der Waals surface area contributed by atoms with Crippen LogP contribution in [0.2, 0.25) is 0 Å². The third-order valence-corrected chi connectivity index (χ3v) is 16.0. The van der Waals surface area contributed by atoms with Crippen molar-refractivity contribution in [2.75, 3.05) is 4.90 Å². The summed E-state index contributed by atoms with van der Waals surface area (Å²) in [6.45, 7) is 4.84. The first-order chi connectivity index (χ1) is 29.5. The molecule has 1 heteroatoms. The number of nitrogens with zero attached hydrogens (tertiary/aromatic N) is 1. The molecule has 290 valence electrons. The van der Waals surface area contributed by atoms with Gasteiger partial charge in [0, 0.05) is 27.8 Å². The van der Waals surface area contributed by atoms with Gasteiger partial charge in [-0.25, -0.2) is 0 Å². The maximum Gasteiger partial charge on any atom is 0.0540 e. The van der Waals surface area contributed by atoms with Gasteiger partial charge in [0.15, 0.2) is 0 Å². The first-order valence-electron chi connectivity index (χ1n) is 22.4. The predicted molar refractivity (Wildman–Crippen MR) is 250 cm³/mol. The van der Waals surface area contributed by atoms with Crippen molar-refractivity contribution < 1.29 is 0 Å². The molecule has 0 saturated heterocycles. The Hall–Kier alpha value is -6.18. The van der Waals surface area contributed by atoms with Crippen LogP contribution in [0.3, 0.4) is 0 Å². The van der Waals surface area contributed by atoms with E-state index in [1.165, 1.54) is 110 Å². The Morgan fingerprint density at radius 2 is 1.05 bits per heavy atom. The Labute approximate surface area is 354 Å². The maximum absolute atomic E-state index is 2.54. The zero-order valence-corrected chi connectivity index (χ0v) is 34.5. The van der Waals surface area contributed by atoms with Crippen molar-refractivity contribution in [3.8, 4) is 44.5 Å². The first-order valence-corrected chi connectivity index (χ1v) is 22.4. The standard InChI is InChI=1S/C59H49N/c1-58(2)54-36-45(28-30-47(54)50-29-25-41-15-6-7-16-46(41)57(50)58)60(44-26-23-40(24-27-44)39-13-4-3-5-14-39)55-22-11-9-17-48(55)49-19-12-21-53-56(49)51-18-8-10-20-52(51)59(53)42-32-37-31-38(34-42)35-43(59)33-37/h3-30,36-38,42-43H,31-35H2,1-2H3. The molecule has 0 unspecified atom stereocenters. The van der Waals surface area contributed by atoms with Gasteiger partial charge in [0.05, 0.1) is 5.69 Å². The smallest absolute Gasteiger partial charge is 0.0540 e. The highest BCUT2D eigenvalue weighted by molar-refractivity contribution is 6.01. The number of hydrogen-bond donors (Lipinski definition) is 0. The lowest BCUT2D eigenvalue weighted by Gasteiger charge is -2.61.